The van der Waals surface area contributed by atoms with Crippen LogP contribution in [0.5, 0.6) is 0 Å². The average molecular weight is 455 g/mol. The number of nitrogens with zero attached hydrogens (tertiary/aromatic N) is 2. The highest BCUT2D eigenvalue weighted by Crippen LogP contribution is 2.24. The number of amides is 1. The van der Waals surface area contributed by atoms with E-state index in [-0.39, 0.29) is 17.3 Å². The number of aromatic nitrogens is 1. The molecule has 2 aromatic carbocycles. The summed E-state index contributed by atoms with van der Waals surface area (Å²) in [6.45, 7) is 3.04. The fourth-order valence-electron chi connectivity index (χ4n) is 4.18. The highest BCUT2D eigenvalue weighted by atomic mass is 16.2. The van der Waals surface area contributed by atoms with E-state index in [1.165, 1.54) is 0 Å². The molecule has 1 amide bonds. The molecule has 1 aliphatic heterocycles. The van der Waals surface area contributed by atoms with E-state index in [4.69, 9.17) is 16.6 Å². The van der Waals surface area contributed by atoms with E-state index >= 15 is 0 Å². The summed E-state index contributed by atoms with van der Waals surface area (Å²) in [6, 6.07) is 17.4. The highest BCUT2D eigenvalue weighted by Gasteiger charge is 2.19. The molecule has 1 fully saturated rings. The fraction of sp³-hybridized carbons (Fsp3) is 0.259. The van der Waals surface area contributed by atoms with Crippen LogP contribution in [-0.4, -0.2) is 46.8 Å². The average Bonchev–Trinajstić information content (AvgIpc) is 3.27. The molecule has 0 saturated carbocycles. The van der Waals surface area contributed by atoms with Crippen molar-refractivity contribution in [3.63, 3.8) is 0 Å². The maximum Gasteiger partial charge on any atom is 0.222 e. The summed E-state index contributed by atoms with van der Waals surface area (Å²) in [7, 11) is 0. The molecule has 5 N–H and O–H groups in total. The van der Waals surface area contributed by atoms with E-state index < -0.39 is 0 Å². The number of benzene rings is 2. The molecular weight excluding hydrogens is 424 g/mol. The van der Waals surface area contributed by atoms with Crippen molar-refractivity contribution in [2.24, 2.45) is 0 Å². The Bertz CT molecular complexity index is 1190. The molecular formula is C27H30N6O. The molecule has 7 nitrogen and oxygen atoms in total. The predicted octanol–water partition coefficient (Wildman–Crippen LogP) is 3.67. The molecule has 1 saturated heterocycles. The smallest absolute Gasteiger partial charge is 0.222 e. The summed E-state index contributed by atoms with van der Waals surface area (Å²) in [4.78, 5) is 17.8. The normalized spacial score (nSPS) is 13.3. The van der Waals surface area contributed by atoms with Gasteiger partial charge < -0.3 is 21.4 Å². The molecule has 0 spiro atoms. The van der Waals surface area contributed by atoms with Crippen molar-refractivity contribution in [3.05, 3.63) is 83.7 Å². The first-order valence-electron chi connectivity index (χ1n) is 11.5. The minimum Gasteiger partial charge on any atom is -0.398 e. The van der Waals surface area contributed by atoms with Gasteiger partial charge in [-0.15, -0.1) is 0 Å². The van der Waals surface area contributed by atoms with Crippen LogP contribution in [0.15, 0.2) is 67.0 Å². The molecule has 0 bridgehead atoms. The van der Waals surface area contributed by atoms with E-state index in [1.807, 2.05) is 47.4 Å². The first-order valence-corrected chi connectivity index (χ1v) is 11.5. The molecule has 34 heavy (non-hydrogen) atoms. The zero-order chi connectivity index (χ0) is 23.9. The molecule has 1 aromatic heterocycles. The maximum absolute atomic E-state index is 11.7. The van der Waals surface area contributed by atoms with Crippen molar-refractivity contribution in [1.82, 2.24) is 15.2 Å². The van der Waals surface area contributed by atoms with E-state index in [0.717, 1.165) is 48.3 Å². The van der Waals surface area contributed by atoms with Gasteiger partial charge >= 0.3 is 0 Å². The van der Waals surface area contributed by atoms with Gasteiger partial charge in [-0.1, -0.05) is 36.4 Å². The second kappa shape index (κ2) is 10.9. The van der Waals surface area contributed by atoms with Crippen molar-refractivity contribution in [3.8, 4) is 11.1 Å². The summed E-state index contributed by atoms with van der Waals surface area (Å²) in [5.74, 6) is 0.247. The van der Waals surface area contributed by atoms with Gasteiger partial charge in [0.15, 0.2) is 0 Å². The van der Waals surface area contributed by atoms with Gasteiger partial charge in [-0.2, -0.15) is 0 Å². The number of nitrogens with two attached hydrogens (primary N) is 1. The van der Waals surface area contributed by atoms with Crippen molar-refractivity contribution >= 4 is 23.0 Å². The lowest BCUT2D eigenvalue weighted by atomic mass is 9.95. The van der Waals surface area contributed by atoms with E-state index in [1.54, 1.807) is 18.5 Å². The Morgan fingerprint density at radius 3 is 2.68 bits per heavy atom. The SMILES string of the molecule is N=C(Cc1cccc(CNCCN2CCCC2=O)c1)C(=N)c1cc(-c2cccnc2)ccc1N. The van der Waals surface area contributed by atoms with Crippen molar-refractivity contribution < 1.29 is 4.79 Å². The topological polar surface area (TPSA) is 119 Å². The Labute approximate surface area is 200 Å². The fourth-order valence-corrected chi connectivity index (χ4v) is 4.18. The number of hydrogen-bond donors (Lipinski definition) is 4. The van der Waals surface area contributed by atoms with Gasteiger partial charge in [-0.05, 0) is 41.3 Å². The lowest BCUT2D eigenvalue weighted by Crippen LogP contribution is -2.32. The molecule has 174 valence electrons. The maximum atomic E-state index is 11.7. The van der Waals surface area contributed by atoms with Crippen LogP contribution in [0.4, 0.5) is 5.69 Å². The minimum atomic E-state index is 0.127. The van der Waals surface area contributed by atoms with Crippen LogP contribution in [0.25, 0.3) is 11.1 Å². The van der Waals surface area contributed by atoms with Crippen LogP contribution in [-0.2, 0) is 17.8 Å². The number of pyridine rings is 1. The van der Waals surface area contributed by atoms with Gasteiger partial charge in [0.05, 0.1) is 11.4 Å². The number of nitrogens with one attached hydrogen (secondary N) is 3. The minimum absolute atomic E-state index is 0.127. The van der Waals surface area contributed by atoms with Crippen LogP contribution in [0.3, 0.4) is 0 Å². The number of likely N-dealkylation sites (tertiary alicyclic amines) is 1. The molecule has 7 heteroatoms. The van der Waals surface area contributed by atoms with Crippen molar-refractivity contribution in [2.45, 2.75) is 25.8 Å². The van der Waals surface area contributed by atoms with Gasteiger partial charge in [0.2, 0.25) is 5.91 Å². The van der Waals surface area contributed by atoms with Gasteiger partial charge in [0.25, 0.3) is 0 Å². The zero-order valence-electron chi connectivity index (χ0n) is 19.2. The summed E-state index contributed by atoms with van der Waals surface area (Å²) in [5, 5.41) is 20.6. The molecule has 1 aliphatic rings. The number of carbonyl (C=O) groups excluding carboxylic acids is 1. The van der Waals surface area contributed by atoms with E-state index in [2.05, 4.69) is 16.4 Å². The van der Waals surface area contributed by atoms with Crippen LogP contribution >= 0.6 is 0 Å². The van der Waals surface area contributed by atoms with E-state index in [0.29, 0.717) is 30.6 Å². The van der Waals surface area contributed by atoms with Crippen molar-refractivity contribution in [2.75, 3.05) is 25.4 Å². The van der Waals surface area contributed by atoms with Crippen LogP contribution in [0, 0.1) is 10.8 Å². The third kappa shape index (κ3) is 5.74. The van der Waals surface area contributed by atoms with Crippen LogP contribution < -0.4 is 11.1 Å². The Kier molecular flexibility index (Phi) is 7.44. The first kappa shape index (κ1) is 23.3. The van der Waals surface area contributed by atoms with Gasteiger partial charge in [0.1, 0.15) is 0 Å². The zero-order valence-corrected chi connectivity index (χ0v) is 19.2. The third-order valence-electron chi connectivity index (χ3n) is 6.05. The first-order chi connectivity index (χ1) is 16.5. The standard InChI is InChI=1S/C27H30N6O/c28-24-9-8-21(22-6-2-10-31-18-22)16-23(24)27(30)25(29)15-19-4-1-5-20(14-19)17-32-11-13-33-12-3-7-26(33)34/h1-2,4-6,8-10,14,16,18,29-30,32H,3,7,11-13,15,17,28H2. The van der Waals surface area contributed by atoms with Crippen LogP contribution in [0.2, 0.25) is 0 Å². The number of anilines is 1. The predicted molar refractivity (Wildman–Crippen MR) is 136 cm³/mol. The number of rotatable bonds is 10. The summed E-state index contributed by atoms with van der Waals surface area (Å²) >= 11 is 0. The van der Waals surface area contributed by atoms with Gasteiger partial charge in [-0.3, -0.25) is 15.2 Å². The molecule has 0 unspecified atom stereocenters. The third-order valence-corrected chi connectivity index (χ3v) is 6.05. The lowest BCUT2D eigenvalue weighted by Gasteiger charge is -2.16. The number of hydrogen-bond acceptors (Lipinski definition) is 6. The molecule has 2 heterocycles. The Morgan fingerprint density at radius 2 is 1.91 bits per heavy atom. The van der Waals surface area contributed by atoms with Gasteiger partial charge in [-0.25, -0.2) is 0 Å². The Morgan fingerprint density at radius 1 is 1.06 bits per heavy atom. The monoisotopic (exact) mass is 454 g/mol. The van der Waals surface area contributed by atoms with E-state index in [9.17, 15) is 4.79 Å². The second-order valence-corrected chi connectivity index (χ2v) is 8.56. The van der Waals surface area contributed by atoms with Crippen LogP contribution in [0.1, 0.15) is 29.5 Å². The second-order valence-electron chi connectivity index (χ2n) is 8.56. The summed E-state index contributed by atoms with van der Waals surface area (Å²) < 4.78 is 0. The number of carbonyl (C=O) groups is 1. The quantitative estimate of drug-likeness (QED) is 0.212. The molecule has 4 rings (SSSR count). The molecule has 0 aliphatic carbocycles. The highest BCUT2D eigenvalue weighted by molar-refractivity contribution is 6.47. The van der Waals surface area contributed by atoms with Gasteiger partial charge in [0, 0.05) is 68.2 Å². The lowest BCUT2D eigenvalue weighted by molar-refractivity contribution is -0.127. The number of nitrogen functional groups attached to an aromatic ring is 1. The van der Waals surface area contributed by atoms with Crippen molar-refractivity contribution in [1.29, 1.82) is 10.8 Å². The summed E-state index contributed by atoms with van der Waals surface area (Å²) in [6.07, 6.45) is 5.47. The molecule has 3 aromatic rings. The Balaban J connectivity index is 1.36. The molecule has 0 radical (unpaired) electrons. The molecule has 0 atom stereocenters. The summed E-state index contributed by atoms with van der Waals surface area (Å²) in [5.41, 5.74) is 11.5. The largest absolute Gasteiger partial charge is 0.398 e. The Hall–Kier alpha value is -3.84.